The summed E-state index contributed by atoms with van der Waals surface area (Å²) in [6.07, 6.45) is 1.05. The third-order valence-corrected chi connectivity index (χ3v) is 5.34. The van der Waals surface area contributed by atoms with Crippen molar-refractivity contribution in [2.24, 2.45) is 0 Å². The molecular weight excluding hydrogens is 374 g/mol. The average molecular weight is 388 g/mol. The number of rotatable bonds is 5. The van der Waals surface area contributed by atoms with Crippen LogP contribution in [0.4, 0.5) is 5.69 Å². The smallest absolute Gasteiger partial charge is 0.348 e. The molecule has 0 fully saturated rings. The number of carbonyl (C=O) groups excluding carboxylic acids is 2. The zero-order valence-electron chi connectivity index (χ0n) is 12.8. The van der Waals surface area contributed by atoms with Crippen molar-refractivity contribution in [3.05, 3.63) is 45.1 Å². The predicted octanol–water partition coefficient (Wildman–Crippen LogP) is 2.91. The van der Waals surface area contributed by atoms with Crippen LogP contribution in [-0.2, 0) is 19.4 Å². The molecule has 1 heterocycles. The predicted molar refractivity (Wildman–Crippen MR) is 92.5 cm³/mol. The number of hydrogen-bond acceptors (Lipinski definition) is 6. The van der Waals surface area contributed by atoms with E-state index in [1.54, 1.807) is 12.1 Å². The van der Waals surface area contributed by atoms with E-state index in [1.165, 1.54) is 29.5 Å². The fraction of sp³-hybridized carbons (Fsp3) is 0.200. The maximum absolute atomic E-state index is 11.9. The first-order valence-corrected chi connectivity index (χ1v) is 9.78. The summed E-state index contributed by atoms with van der Waals surface area (Å²) in [4.78, 5) is 25.0. The number of anilines is 1. The largest absolute Gasteiger partial charge is 0.451 e. The Morgan fingerprint density at radius 2 is 1.96 bits per heavy atom. The minimum absolute atomic E-state index is 0.0215. The zero-order chi connectivity index (χ0) is 17.9. The number of halogens is 1. The summed E-state index contributed by atoms with van der Waals surface area (Å²) in [6.45, 7) is 1.35. The molecule has 0 bridgehead atoms. The molecule has 0 atom stereocenters. The lowest BCUT2D eigenvalue weighted by Gasteiger charge is -2.09. The van der Waals surface area contributed by atoms with E-state index in [2.05, 4.69) is 5.32 Å². The molecule has 128 valence electrons. The molecule has 2 rings (SSSR count). The van der Waals surface area contributed by atoms with Crippen LogP contribution in [0.3, 0.4) is 0 Å². The first-order valence-electron chi connectivity index (χ1n) is 6.70. The third-order valence-electron chi connectivity index (χ3n) is 2.92. The van der Waals surface area contributed by atoms with Gasteiger partial charge in [-0.15, -0.1) is 11.3 Å². The van der Waals surface area contributed by atoms with Crippen LogP contribution in [0.15, 0.2) is 35.2 Å². The number of sulfone groups is 1. The van der Waals surface area contributed by atoms with Gasteiger partial charge in [-0.2, -0.15) is 0 Å². The normalized spacial score (nSPS) is 11.1. The second-order valence-electron chi connectivity index (χ2n) is 4.95. The number of benzene rings is 1. The number of nitrogens with one attached hydrogen (secondary N) is 1. The lowest BCUT2D eigenvalue weighted by atomic mass is 10.3. The fourth-order valence-electron chi connectivity index (χ4n) is 1.76. The lowest BCUT2D eigenvalue weighted by Crippen LogP contribution is -2.21. The van der Waals surface area contributed by atoms with Crippen molar-refractivity contribution in [3.63, 3.8) is 0 Å². The minimum Gasteiger partial charge on any atom is -0.451 e. The first-order chi connectivity index (χ1) is 11.2. The quantitative estimate of drug-likeness (QED) is 0.796. The average Bonchev–Trinajstić information content (AvgIpc) is 2.92. The number of thiophene rings is 1. The van der Waals surface area contributed by atoms with Gasteiger partial charge in [0, 0.05) is 11.1 Å². The topological polar surface area (TPSA) is 89.5 Å². The highest BCUT2D eigenvalue weighted by atomic mass is 35.5. The molecular formula is C15H14ClNO5S2. The van der Waals surface area contributed by atoms with Crippen molar-refractivity contribution < 1.29 is 22.7 Å². The first kappa shape index (κ1) is 18.4. The van der Waals surface area contributed by atoms with Crippen molar-refractivity contribution >= 4 is 50.3 Å². The number of hydrogen-bond donors (Lipinski definition) is 1. The number of ether oxygens (including phenoxy) is 1. The van der Waals surface area contributed by atoms with Gasteiger partial charge in [-0.25, -0.2) is 13.2 Å². The van der Waals surface area contributed by atoms with Crippen LogP contribution in [0.2, 0.25) is 5.02 Å². The van der Waals surface area contributed by atoms with E-state index in [0.29, 0.717) is 4.88 Å². The van der Waals surface area contributed by atoms with Crippen molar-refractivity contribution in [3.8, 4) is 0 Å². The Morgan fingerprint density at radius 3 is 2.54 bits per heavy atom. The van der Waals surface area contributed by atoms with Gasteiger partial charge in [0.1, 0.15) is 4.88 Å². The number of aryl methyl sites for hydroxylation is 1. The van der Waals surface area contributed by atoms with Gasteiger partial charge in [-0.05, 0) is 37.3 Å². The van der Waals surface area contributed by atoms with Gasteiger partial charge < -0.3 is 10.1 Å². The molecule has 0 spiro atoms. The molecule has 1 amide bonds. The van der Waals surface area contributed by atoms with Crippen LogP contribution in [0.5, 0.6) is 0 Å². The summed E-state index contributed by atoms with van der Waals surface area (Å²) in [5.74, 6) is -1.22. The lowest BCUT2D eigenvalue weighted by molar-refractivity contribution is -0.119. The molecule has 0 aliphatic heterocycles. The fourth-order valence-corrected chi connectivity index (χ4v) is 3.34. The molecule has 1 N–H and O–H groups in total. The molecule has 0 aliphatic rings. The molecule has 6 nitrogen and oxygen atoms in total. The van der Waals surface area contributed by atoms with E-state index in [0.717, 1.165) is 11.1 Å². The highest BCUT2D eigenvalue weighted by molar-refractivity contribution is 7.90. The van der Waals surface area contributed by atoms with E-state index >= 15 is 0 Å². The van der Waals surface area contributed by atoms with E-state index in [-0.39, 0.29) is 15.6 Å². The molecule has 1 aromatic heterocycles. The highest BCUT2D eigenvalue weighted by Crippen LogP contribution is 2.25. The van der Waals surface area contributed by atoms with Crippen LogP contribution in [0.25, 0.3) is 0 Å². The van der Waals surface area contributed by atoms with E-state index in [1.807, 2.05) is 6.92 Å². The summed E-state index contributed by atoms with van der Waals surface area (Å²) in [5, 5.41) is 2.60. The number of carbonyl (C=O) groups is 2. The van der Waals surface area contributed by atoms with E-state index in [9.17, 15) is 18.0 Å². The van der Waals surface area contributed by atoms with Crippen LogP contribution < -0.4 is 5.32 Å². The zero-order valence-corrected chi connectivity index (χ0v) is 15.2. The molecule has 1 aromatic carbocycles. The molecule has 0 unspecified atom stereocenters. The molecule has 9 heteroatoms. The summed E-state index contributed by atoms with van der Waals surface area (Å²) >= 11 is 7.20. The van der Waals surface area contributed by atoms with Crippen LogP contribution in [0.1, 0.15) is 14.5 Å². The van der Waals surface area contributed by atoms with Gasteiger partial charge in [0.25, 0.3) is 5.91 Å². The van der Waals surface area contributed by atoms with Gasteiger partial charge in [-0.1, -0.05) is 11.6 Å². The summed E-state index contributed by atoms with van der Waals surface area (Å²) in [5.41, 5.74) is 0.132. The second kappa shape index (κ2) is 7.33. The highest BCUT2D eigenvalue weighted by Gasteiger charge is 2.15. The monoisotopic (exact) mass is 387 g/mol. The van der Waals surface area contributed by atoms with Crippen molar-refractivity contribution in [2.75, 3.05) is 18.2 Å². The standard InChI is InChI=1S/C15H14ClNO5S2/c1-9-3-6-13(23-9)15(19)22-8-14(18)17-12-7-10(24(2,20)21)4-5-11(12)16/h3-7H,8H2,1-2H3,(H,17,18). The van der Waals surface area contributed by atoms with Crippen LogP contribution >= 0.6 is 22.9 Å². The van der Waals surface area contributed by atoms with E-state index < -0.39 is 28.3 Å². The van der Waals surface area contributed by atoms with Crippen molar-refractivity contribution in [1.82, 2.24) is 0 Å². The maximum Gasteiger partial charge on any atom is 0.348 e. The summed E-state index contributed by atoms with van der Waals surface area (Å²) in [6, 6.07) is 7.35. The van der Waals surface area contributed by atoms with Gasteiger partial charge in [0.2, 0.25) is 0 Å². The molecule has 0 saturated heterocycles. The number of esters is 1. The molecule has 0 radical (unpaired) electrons. The Bertz CT molecular complexity index is 889. The number of amides is 1. The van der Waals surface area contributed by atoms with Gasteiger partial charge in [-0.3, -0.25) is 4.79 Å². The Kier molecular flexibility index (Phi) is 5.63. The molecule has 0 saturated carbocycles. The van der Waals surface area contributed by atoms with E-state index in [4.69, 9.17) is 16.3 Å². The van der Waals surface area contributed by atoms with Crippen molar-refractivity contribution in [2.45, 2.75) is 11.8 Å². The Labute approximate surface area is 148 Å². The molecule has 2 aromatic rings. The molecule has 24 heavy (non-hydrogen) atoms. The Morgan fingerprint density at radius 1 is 1.25 bits per heavy atom. The molecule has 0 aliphatic carbocycles. The minimum atomic E-state index is -3.43. The Balaban J connectivity index is 2.01. The van der Waals surface area contributed by atoms with Gasteiger partial charge >= 0.3 is 5.97 Å². The second-order valence-corrected chi connectivity index (χ2v) is 8.66. The third kappa shape index (κ3) is 4.80. The van der Waals surface area contributed by atoms with Gasteiger partial charge in [0.15, 0.2) is 16.4 Å². The van der Waals surface area contributed by atoms with Crippen LogP contribution in [-0.4, -0.2) is 33.2 Å². The Hall–Kier alpha value is -1.90. The summed E-state index contributed by atoms with van der Waals surface area (Å²) < 4.78 is 28.0. The summed E-state index contributed by atoms with van der Waals surface area (Å²) in [7, 11) is -3.43. The van der Waals surface area contributed by atoms with Gasteiger partial charge in [0.05, 0.1) is 15.6 Å². The van der Waals surface area contributed by atoms with Crippen LogP contribution in [0, 0.1) is 6.92 Å². The maximum atomic E-state index is 11.9. The SMILES string of the molecule is Cc1ccc(C(=O)OCC(=O)Nc2cc(S(C)(=O)=O)ccc2Cl)s1. The van der Waals surface area contributed by atoms with Crippen molar-refractivity contribution in [1.29, 1.82) is 0 Å².